The van der Waals surface area contributed by atoms with Crippen molar-refractivity contribution in [3.63, 3.8) is 0 Å². The molecule has 1 rings (SSSR count). The van der Waals surface area contributed by atoms with E-state index in [1.165, 1.54) is 0 Å². The smallest absolute Gasteiger partial charge is 0.240 e. The molecule has 1 aliphatic rings. The topological polar surface area (TPSA) is 66.6 Å². The molecule has 2 N–H and O–H groups in total. The maximum absolute atomic E-state index is 11.8. The van der Waals surface area contributed by atoms with Gasteiger partial charge in [-0.3, -0.25) is 9.59 Å². The van der Waals surface area contributed by atoms with Crippen molar-refractivity contribution in [2.45, 2.75) is 25.3 Å². The summed E-state index contributed by atoms with van der Waals surface area (Å²) in [5.41, 5.74) is 5.28. The lowest BCUT2D eigenvalue weighted by molar-refractivity contribution is -0.141. The van der Waals surface area contributed by atoms with Gasteiger partial charge in [0.25, 0.3) is 0 Å². The van der Waals surface area contributed by atoms with Gasteiger partial charge in [0, 0.05) is 6.54 Å². The van der Waals surface area contributed by atoms with Gasteiger partial charge in [0.15, 0.2) is 0 Å². The third-order valence-electron chi connectivity index (χ3n) is 2.60. The first-order valence-corrected chi connectivity index (χ1v) is 5.26. The molecular formula is C10H19N3O2. The van der Waals surface area contributed by atoms with E-state index in [1.807, 2.05) is 14.1 Å². The number of piperidine rings is 1. The molecule has 1 aliphatic heterocycles. The van der Waals surface area contributed by atoms with Gasteiger partial charge in [-0.25, -0.2) is 0 Å². The molecule has 0 aromatic rings. The Morgan fingerprint density at radius 3 is 2.60 bits per heavy atom. The summed E-state index contributed by atoms with van der Waals surface area (Å²) in [7, 11) is 3.67. The Bertz CT molecular complexity index is 253. The van der Waals surface area contributed by atoms with E-state index in [0.717, 1.165) is 12.8 Å². The summed E-state index contributed by atoms with van der Waals surface area (Å²) in [6, 6.07) is -0.397. The van der Waals surface area contributed by atoms with E-state index in [2.05, 4.69) is 0 Å². The number of rotatable bonds is 3. The van der Waals surface area contributed by atoms with Gasteiger partial charge in [0.1, 0.15) is 6.04 Å². The van der Waals surface area contributed by atoms with Crippen LogP contribution in [0.15, 0.2) is 0 Å². The van der Waals surface area contributed by atoms with E-state index < -0.39 is 6.04 Å². The molecule has 15 heavy (non-hydrogen) atoms. The molecule has 0 aromatic heterocycles. The largest absolute Gasteiger partial charge is 0.368 e. The summed E-state index contributed by atoms with van der Waals surface area (Å²) in [6.07, 6.45) is 2.64. The number of likely N-dealkylation sites (N-methyl/N-ethyl adjacent to an activating group) is 1. The van der Waals surface area contributed by atoms with E-state index in [1.54, 1.807) is 9.80 Å². The van der Waals surface area contributed by atoms with Gasteiger partial charge < -0.3 is 15.5 Å². The quantitative estimate of drug-likeness (QED) is 0.681. The zero-order chi connectivity index (χ0) is 11.4. The predicted molar refractivity (Wildman–Crippen MR) is 57.1 cm³/mol. The predicted octanol–water partition coefficient (Wildman–Crippen LogP) is -0.586. The Labute approximate surface area is 90.2 Å². The van der Waals surface area contributed by atoms with E-state index in [4.69, 9.17) is 5.73 Å². The van der Waals surface area contributed by atoms with Crippen LogP contribution in [-0.2, 0) is 9.59 Å². The average Bonchev–Trinajstić information content (AvgIpc) is 2.16. The lowest BCUT2D eigenvalue weighted by Crippen LogP contribution is -2.52. The lowest BCUT2D eigenvalue weighted by atomic mass is 10.0. The van der Waals surface area contributed by atoms with E-state index >= 15 is 0 Å². The minimum absolute atomic E-state index is 0.0106. The number of carbonyl (C=O) groups is 2. The second-order valence-electron chi connectivity index (χ2n) is 4.24. The van der Waals surface area contributed by atoms with Crippen LogP contribution in [0.25, 0.3) is 0 Å². The van der Waals surface area contributed by atoms with Crippen molar-refractivity contribution in [3.8, 4) is 0 Å². The lowest BCUT2D eigenvalue weighted by Gasteiger charge is -2.34. The number of primary amides is 1. The van der Waals surface area contributed by atoms with Crippen LogP contribution in [0.4, 0.5) is 0 Å². The van der Waals surface area contributed by atoms with Crippen molar-refractivity contribution in [3.05, 3.63) is 0 Å². The molecule has 2 amide bonds. The van der Waals surface area contributed by atoms with Crippen LogP contribution >= 0.6 is 0 Å². The maximum Gasteiger partial charge on any atom is 0.240 e. The fourth-order valence-corrected chi connectivity index (χ4v) is 1.89. The minimum atomic E-state index is -0.397. The third-order valence-corrected chi connectivity index (χ3v) is 2.60. The molecule has 1 fully saturated rings. The molecule has 5 heteroatoms. The first kappa shape index (κ1) is 12.0. The van der Waals surface area contributed by atoms with Gasteiger partial charge in [-0.05, 0) is 33.4 Å². The Balaban J connectivity index is 2.63. The molecule has 0 spiro atoms. The molecule has 0 saturated carbocycles. The van der Waals surface area contributed by atoms with Crippen molar-refractivity contribution < 1.29 is 9.59 Å². The number of amides is 2. The average molecular weight is 213 g/mol. The van der Waals surface area contributed by atoms with Gasteiger partial charge >= 0.3 is 0 Å². The number of nitrogens with zero attached hydrogens (tertiary/aromatic N) is 2. The molecule has 0 unspecified atom stereocenters. The van der Waals surface area contributed by atoms with Gasteiger partial charge in [0.2, 0.25) is 11.8 Å². The third kappa shape index (κ3) is 3.20. The maximum atomic E-state index is 11.8. The first-order chi connectivity index (χ1) is 7.02. The number of carbonyl (C=O) groups excluding carboxylic acids is 2. The van der Waals surface area contributed by atoms with Crippen LogP contribution in [-0.4, -0.2) is 54.8 Å². The number of nitrogens with two attached hydrogens (primary N) is 1. The van der Waals surface area contributed by atoms with Gasteiger partial charge in [-0.1, -0.05) is 0 Å². The standard InChI is InChI=1S/C10H19N3O2/c1-12(2)7-9(14)13-6-4-3-5-8(13)10(11)15/h8H,3-7H2,1-2H3,(H2,11,15)/t8-/m1/s1. The van der Waals surface area contributed by atoms with Crippen LogP contribution < -0.4 is 5.73 Å². The molecule has 0 radical (unpaired) electrons. The molecule has 1 atom stereocenters. The Morgan fingerprint density at radius 1 is 1.40 bits per heavy atom. The summed E-state index contributed by atoms with van der Waals surface area (Å²) in [5, 5.41) is 0. The van der Waals surface area contributed by atoms with Gasteiger partial charge in [0.05, 0.1) is 6.54 Å². The van der Waals surface area contributed by atoms with Crippen molar-refractivity contribution in [1.29, 1.82) is 0 Å². The van der Waals surface area contributed by atoms with E-state index in [-0.39, 0.29) is 11.8 Å². The van der Waals surface area contributed by atoms with E-state index in [0.29, 0.717) is 19.5 Å². The Hall–Kier alpha value is -1.10. The zero-order valence-electron chi connectivity index (χ0n) is 9.40. The first-order valence-electron chi connectivity index (χ1n) is 5.26. The van der Waals surface area contributed by atoms with Crippen molar-refractivity contribution in [1.82, 2.24) is 9.80 Å². The second kappa shape index (κ2) is 5.11. The number of hydrogen-bond acceptors (Lipinski definition) is 3. The van der Waals surface area contributed by atoms with Crippen LogP contribution in [0.3, 0.4) is 0 Å². The van der Waals surface area contributed by atoms with Crippen LogP contribution in [0.2, 0.25) is 0 Å². The van der Waals surface area contributed by atoms with Crippen molar-refractivity contribution in [2.75, 3.05) is 27.2 Å². The van der Waals surface area contributed by atoms with Crippen LogP contribution in [0.1, 0.15) is 19.3 Å². The minimum Gasteiger partial charge on any atom is -0.368 e. The SMILES string of the molecule is CN(C)CC(=O)N1CCCC[C@@H]1C(N)=O. The van der Waals surface area contributed by atoms with Gasteiger partial charge in [-0.2, -0.15) is 0 Å². The molecule has 1 heterocycles. The van der Waals surface area contributed by atoms with Crippen LogP contribution in [0.5, 0.6) is 0 Å². The molecule has 0 bridgehead atoms. The highest BCUT2D eigenvalue weighted by Crippen LogP contribution is 2.16. The molecule has 1 saturated heterocycles. The molecule has 0 aromatic carbocycles. The summed E-state index contributed by atoms with van der Waals surface area (Å²) in [4.78, 5) is 26.4. The fraction of sp³-hybridized carbons (Fsp3) is 0.800. The Kier molecular flexibility index (Phi) is 4.08. The highest BCUT2D eigenvalue weighted by molar-refractivity contribution is 5.87. The zero-order valence-corrected chi connectivity index (χ0v) is 9.40. The van der Waals surface area contributed by atoms with Crippen molar-refractivity contribution in [2.24, 2.45) is 5.73 Å². The highest BCUT2D eigenvalue weighted by atomic mass is 16.2. The number of likely N-dealkylation sites (tertiary alicyclic amines) is 1. The molecule has 0 aliphatic carbocycles. The summed E-state index contributed by atoms with van der Waals surface area (Å²) < 4.78 is 0. The normalized spacial score (nSPS) is 21.8. The highest BCUT2D eigenvalue weighted by Gasteiger charge is 2.30. The molecular weight excluding hydrogens is 194 g/mol. The van der Waals surface area contributed by atoms with Gasteiger partial charge in [-0.15, -0.1) is 0 Å². The van der Waals surface area contributed by atoms with E-state index in [9.17, 15) is 9.59 Å². The summed E-state index contributed by atoms with van der Waals surface area (Å²) in [6.45, 7) is 0.990. The Morgan fingerprint density at radius 2 is 2.07 bits per heavy atom. The van der Waals surface area contributed by atoms with Crippen LogP contribution in [0, 0.1) is 0 Å². The summed E-state index contributed by atoms with van der Waals surface area (Å²) >= 11 is 0. The number of hydrogen-bond donors (Lipinski definition) is 1. The fourth-order valence-electron chi connectivity index (χ4n) is 1.89. The van der Waals surface area contributed by atoms with Crippen molar-refractivity contribution >= 4 is 11.8 Å². The molecule has 86 valence electrons. The second-order valence-corrected chi connectivity index (χ2v) is 4.24. The monoisotopic (exact) mass is 213 g/mol. The molecule has 5 nitrogen and oxygen atoms in total. The summed E-state index contributed by atoms with van der Waals surface area (Å²) in [5.74, 6) is -0.398.